The summed E-state index contributed by atoms with van der Waals surface area (Å²) < 4.78 is 7.45. The Labute approximate surface area is 171 Å². The smallest absolute Gasteiger partial charge is 0.373 e. The number of aromatic nitrogens is 3. The van der Waals surface area contributed by atoms with Crippen LogP contribution in [-0.4, -0.2) is 19.9 Å². The van der Waals surface area contributed by atoms with Gasteiger partial charge in [-0.05, 0) is 48.9 Å². The number of aryl methyl sites for hydroxylation is 1. The zero-order valence-electron chi connectivity index (χ0n) is 14.4. The van der Waals surface area contributed by atoms with E-state index in [0.717, 1.165) is 20.3 Å². The van der Waals surface area contributed by atoms with Gasteiger partial charge in [-0.25, -0.2) is 9.97 Å². The largest absolute Gasteiger partial charge is 0.434 e. The number of nitrogens with one attached hydrogen (secondary N) is 1. The molecule has 1 N–H and O–H groups in total. The number of hydrogen-bond donors (Lipinski definition) is 1. The Hall–Kier alpha value is -3.11. The lowest BCUT2D eigenvalue weighted by molar-refractivity contribution is -0.385. The van der Waals surface area contributed by atoms with E-state index >= 15 is 0 Å². The number of thiazole rings is 1. The Bertz CT molecular complexity index is 1180. The lowest BCUT2D eigenvalue weighted by atomic mass is 10.2. The van der Waals surface area contributed by atoms with Crippen LogP contribution in [0.25, 0.3) is 10.2 Å². The van der Waals surface area contributed by atoms with E-state index in [2.05, 4.69) is 36.2 Å². The summed E-state index contributed by atoms with van der Waals surface area (Å²) >= 11 is 4.72. The first-order chi connectivity index (χ1) is 13.5. The van der Waals surface area contributed by atoms with E-state index in [1.165, 1.54) is 17.7 Å². The minimum Gasteiger partial charge on any atom is -0.434 e. The zero-order chi connectivity index (χ0) is 19.7. The van der Waals surface area contributed by atoms with Crippen LogP contribution in [0.1, 0.15) is 5.56 Å². The Morgan fingerprint density at radius 1 is 1.18 bits per heavy atom. The molecule has 0 fully saturated rings. The molecule has 10 heteroatoms. The number of benzene rings is 2. The molecule has 0 saturated carbocycles. The Kier molecular flexibility index (Phi) is 4.88. The van der Waals surface area contributed by atoms with Crippen molar-refractivity contribution in [1.29, 1.82) is 0 Å². The van der Waals surface area contributed by atoms with Gasteiger partial charge >= 0.3 is 11.6 Å². The normalized spacial score (nSPS) is 10.8. The molecule has 0 aliphatic heterocycles. The summed E-state index contributed by atoms with van der Waals surface area (Å²) in [4.78, 5) is 23.5. The van der Waals surface area contributed by atoms with Crippen LogP contribution >= 0.6 is 27.3 Å². The summed E-state index contributed by atoms with van der Waals surface area (Å²) in [5, 5.41) is 15.1. The first-order valence-corrected chi connectivity index (χ1v) is 9.67. The second-order valence-corrected chi connectivity index (χ2v) is 7.75. The Morgan fingerprint density at radius 3 is 2.71 bits per heavy atom. The Balaban J connectivity index is 1.69. The van der Waals surface area contributed by atoms with Crippen molar-refractivity contribution in [1.82, 2.24) is 15.0 Å². The first kappa shape index (κ1) is 18.3. The second kappa shape index (κ2) is 7.49. The van der Waals surface area contributed by atoms with Crippen LogP contribution in [0.3, 0.4) is 0 Å². The van der Waals surface area contributed by atoms with E-state index in [1.807, 2.05) is 25.1 Å². The lowest BCUT2D eigenvalue weighted by Gasteiger charge is -2.08. The van der Waals surface area contributed by atoms with Gasteiger partial charge in [-0.2, -0.15) is 4.98 Å². The molecule has 0 spiro atoms. The summed E-state index contributed by atoms with van der Waals surface area (Å²) in [6.07, 6.45) is 1.21. The molecule has 2 aromatic carbocycles. The minimum absolute atomic E-state index is 0.0166. The van der Waals surface area contributed by atoms with Gasteiger partial charge < -0.3 is 10.1 Å². The molecule has 8 nitrogen and oxygen atoms in total. The van der Waals surface area contributed by atoms with Gasteiger partial charge in [0.15, 0.2) is 5.13 Å². The predicted octanol–water partition coefficient (Wildman–Crippen LogP) is 5.60. The predicted molar refractivity (Wildman–Crippen MR) is 111 cm³/mol. The van der Waals surface area contributed by atoms with Crippen molar-refractivity contribution in [2.45, 2.75) is 6.92 Å². The molecular formula is C18H12BrN5O3S. The fourth-order valence-corrected chi connectivity index (χ4v) is 3.72. The van der Waals surface area contributed by atoms with Gasteiger partial charge in [-0.3, -0.25) is 10.1 Å². The van der Waals surface area contributed by atoms with Gasteiger partial charge in [0.2, 0.25) is 5.82 Å². The van der Waals surface area contributed by atoms with E-state index in [9.17, 15) is 10.1 Å². The maximum absolute atomic E-state index is 11.7. The van der Waals surface area contributed by atoms with E-state index in [-0.39, 0.29) is 17.4 Å². The average molecular weight is 458 g/mol. The van der Waals surface area contributed by atoms with Crippen molar-refractivity contribution < 1.29 is 9.66 Å². The third kappa shape index (κ3) is 3.78. The number of nitrogens with zero attached hydrogens (tertiary/aromatic N) is 4. The molecule has 0 radical (unpaired) electrons. The number of fused-ring (bicyclic) bond motifs is 1. The van der Waals surface area contributed by atoms with Crippen LogP contribution in [0.2, 0.25) is 0 Å². The van der Waals surface area contributed by atoms with Crippen LogP contribution < -0.4 is 10.1 Å². The highest BCUT2D eigenvalue weighted by Gasteiger charge is 2.26. The van der Waals surface area contributed by atoms with E-state index < -0.39 is 4.92 Å². The first-order valence-electron chi connectivity index (χ1n) is 8.06. The van der Waals surface area contributed by atoms with Crippen LogP contribution in [0.5, 0.6) is 11.6 Å². The number of hydrogen-bond acceptors (Lipinski definition) is 8. The van der Waals surface area contributed by atoms with Crippen LogP contribution in [0, 0.1) is 17.0 Å². The van der Waals surface area contributed by atoms with Crippen molar-refractivity contribution >= 4 is 54.1 Å². The Morgan fingerprint density at radius 2 is 1.96 bits per heavy atom. The lowest BCUT2D eigenvalue weighted by Crippen LogP contribution is -2.03. The molecule has 0 bridgehead atoms. The minimum atomic E-state index is -0.575. The molecular weight excluding hydrogens is 446 g/mol. The van der Waals surface area contributed by atoms with Gasteiger partial charge in [0.1, 0.15) is 12.1 Å². The highest BCUT2D eigenvalue weighted by atomic mass is 79.9. The number of nitro groups is 1. The molecule has 140 valence electrons. The van der Waals surface area contributed by atoms with Gasteiger partial charge in [-0.15, -0.1) is 0 Å². The second-order valence-electron chi connectivity index (χ2n) is 5.80. The molecule has 0 aliphatic carbocycles. The summed E-state index contributed by atoms with van der Waals surface area (Å²) in [5.74, 6) is 0.288. The van der Waals surface area contributed by atoms with Gasteiger partial charge in [0.05, 0.1) is 15.1 Å². The zero-order valence-corrected chi connectivity index (χ0v) is 16.8. The maximum atomic E-state index is 11.7. The third-order valence-electron chi connectivity index (χ3n) is 3.77. The number of anilines is 2. The molecule has 28 heavy (non-hydrogen) atoms. The summed E-state index contributed by atoms with van der Waals surface area (Å²) in [6.45, 7) is 1.99. The van der Waals surface area contributed by atoms with Crippen molar-refractivity contribution in [3.8, 4) is 11.6 Å². The van der Waals surface area contributed by atoms with Crippen LogP contribution in [0.15, 0.2) is 53.3 Å². The van der Waals surface area contributed by atoms with Gasteiger partial charge in [0.25, 0.3) is 0 Å². The average Bonchev–Trinajstić information content (AvgIpc) is 3.05. The molecule has 0 amide bonds. The fraction of sp³-hybridized carbons (Fsp3) is 0.0556. The van der Waals surface area contributed by atoms with Gasteiger partial charge in [0, 0.05) is 4.47 Å². The molecule has 0 atom stereocenters. The van der Waals surface area contributed by atoms with E-state index in [1.54, 1.807) is 24.3 Å². The van der Waals surface area contributed by atoms with Crippen molar-refractivity contribution in [3.05, 3.63) is 68.9 Å². The SMILES string of the molecule is Cc1ccc2nc(Nc3ncnc(Oc4ccc(Br)cc4)c3[N+](=O)[O-])sc2c1. The topological polar surface area (TPSA) is 103 Å². The van der Waals surface area contributed by atoms with Crippen molar-refractivity contribution in [2.75, 3.05) is 5.32 Å². The summed E-state index contributed by atoms with van der Waals surface area (Å²) in [7, 11) is 0. The van der Waals surface area contributed by atoms with E-state index in [4.69, 9.17) is 4.74 Å². The van der Waals surface area contributed by atoms with E-state index in [0.29, 0.717) is 10.9 Å². The van der Waals surface area contributed by atoms with Gasteiger partial charge in [-0.1, -0.05) is 33.3 Å². The molecule has 0 saturated heterocycles. The monoisotopic (exact) mass is 457 g/mol. The van der Waals surface area contributed by atoms with Crippen molar-refractivity contribution in [3.63, 3.8) is 0 Å². The standard InChI is InChI=1S/C18H12BrN5O3S/c1-10-2-7-13-14(8-10)28-18(22-13)23-16-15(24(25)26)17(21-9-20-16)27-12-5-3-11(19)4-6-12/h2-9H,1H3,(H,20,21,22,23). The molecule has 0 aliphatic rings. The molecule has 4 aromatic rings. The third-order valence-corrected chi connectivity index (χ3v) is 5.23. The summed E-state index contributed by atoms with van der Waals surface area (Å²) in [6, 6.07) is 12.8. The molecule has 2 aromatic heterocycles. The number of rotatable bonds is 5. The maximum Gasteiger partial charge on any atom is 0.373 e. The fourth-order valence-electron chi connectivity index (χ4n) is 2.49. The highest BCUT2D eigenvalue weighted by Crippen LogP contribution is 2.37. The molecule has 0 unspecified atom stereocenters. The quantitative estimate of drug-likeness (QED) is 0.307. The molecule has 4 rings (SSSR count). The number of ether oxygens (including phenoxy) is 1. The summed E-state index contributed by atoms with van der Waals surface area (Å²) in [5.41, 5.74) is 1.56. The number of halogens is 1. The van der Waals surface area contributed by atoms with Crippen LogP contribution in [-0.2, 0) is 0 Å². The highest BCUT2D eigenvalue weighted by molar-refractivity contribution is 9.10. The van der Waals surface area contributed by atoms with Crippen molar-refractivity contribution in [2.24, 2.45) is 0 Å². The molecule has 2 heterocycles. The van der Waals surface area contributed by atoms with Crippen LogP contribution in [0.4, 0.5) is 16.6 Å².